The van der Waals surface area contributed by atoms with E-state index in [1.807, 2.05) is 27.0 Å². The van der Waals surface area contributed by atoms with Crippen LogP contribution < -0.4 is 0 Å². The maximum atomic E-state index is 5.38. The average molecular weight is 376 g/mol. The second-order valence-electron chi connectivity index (χ2n) is 6.52. The number of aryl methyl sites for hydroxylation is 3. The van der Waals surface area contributed by atoms with Gasteiger partial charge in [0.2, 0.25) is 0 Å². The van der Waals surface area contributed by atoms with Crippen LogP contribution in [0.5, 0.6) is 0 Å². The number of nitrogens with zero attached hydrogens (tertiary/aromatic N) is 3. The third-order valence-electron chi connectivity index (χ3n) is 4.69. The van der Waals surface area contributed by atoms with Gasteiger partial charge >= 0.3 is 0 Å². The van der Waals surface area contributed by atoms with Gasteiger partial charge in [-0.25, -0.2) is 4.98 Å². The summed E-state index contributed by atoms with van der Waals surface area (Å²) in [5.74, 6) is 1.72. The van der Waals surface area contributed by atoms with E-state index in [0.29, 0.717) is 0 Å². The van der Waals surface area contributed by atoms with Gasteiger partial charge in [-0.15, -0.1) is 0 Å². The van der Waals surface area contributed by atoms with Crippen molar-refractivity contribution in [1.29, 1.82) is 0 Å². The number of imidazole rings is 1. The Hall–Kier alpha value is -2.99. The van der Waals surface area contributed by atoms with Crippen LogP contribution in [0.25, 0.3) is 43.4 Å². The van der Waals surface area contributed by atoms with E-state index in [1.54, 1.807) is 0 Å². The molecule has 0 fully saturated rings. The van der Waals surface area contributed by atoms with Gasteiger partial charge in [-0.2, -0.15) is 4.37 Å². The first-order chi connectivity index (χ1) is 12.6. The molecule has 0 unspecified atom stereocenters. The summed E-state index contributed by atoms with van der Waals surface area (Å²) in [6, 6.07) is 10.7. The number of rotatable bonds is 2. The van der Waals surface area contributed by atoms with E-state index in [9.17, 15) is 0 Å². The molecular weight excluding hydrogens is 356 g/mol. The normalized spacial score (nSPS) is 11.2. The van der Waals surface area contributed by atoms with Crippen LogP contribution in [-0.2, 0) is 0 Å². The number of H-pyrrole nitrogens is 1. The van der Waals surface area contributed by atoms with Crippen LogP contribution in [0.1, 0.15) is 24.7 Å². The highest BCUT2D eigenvalue weighted by molar-refractivity contribution is 7.13. The Morgan fingerprint density at radius 1 is 1.04 bits per heavy atom. The van der Waals surface area contributed by atoms with E-state index in [-0.39, 0.29) is 7.43 Å². The predicted molar refractivity (Wildman–Crippen MR) is 111 cm³/mol. The van der Waals surface area contributed by atoms with Crippen molar-refractivity contribution in [3.05, 3.63) is 53.8 Å². The molecule has 0 aliphatic heterocycles. The van der Waals surface area contributed by atoms with Crippen LogP contribution in [0.15, 0.2) is 41.1 Å². The molecule has 5 rings (SSSR count). The summed E-state index contributed by atoms with van der Waals surface area (Å²) in [4.78, 5) is 8.09. The fourth-order valence-corrected chi connectivity index (χ4v) is 4.17. The molecule has 136 valence electrons. The minimum atomic E-state index is 0. The molecule has 0 saturated carbocycles. The summed E-state index contributed by atoms with van der Waals surface area (Å²) in [6.07, 6.45) is 1.91. The van der Waals surface area contributed by atoms with E-state index in [1.165, 1.54) is 16.2 Å². The summed E-state index contributed by atoms with van der Waals surface area (Å²) in [7, 11) is 0. The lowest BCUT2D eigenvalue weighted by Crippen LogP contribution is -1.87. The third-order valence-corrected chi connectivity index (χ3v) is 5.47. The molecule has 0 amide bonds. The van der Waals surface area contributed by atoms with E-state index in [2.05, 4.69) is 44.8 Å². The number of nitrogens with one attached hydrogen (secondary N) is 1. The first kappa shape index (κ1) is 17.4. The molecule has 0 bridgehead atoms. The van der Waals surface area contributed by atoms with Crippen molar-refractivity contribution in [2.75, 3.05) is 0 Å². The molecule has 5 nitrogen and oxygen atoms in total. The van der Waals surface area contributed by atoms with Crippen molar-refractivity contribution in [2.45, 2.75) is 28.2 Å². The lowest BCUT2D eigenvalue weighted by Gasteiger charge is -2.08. The van der Waals surface area contributed by atoms with Crippen molar-refractivity contribution in [1.82, 2.24) is 19.5 Å². The predicted octanol–water partition coefficient (Wildman–Crippen LogP) is 6.06. The van der Waals surface area contributed by atoms with E-state index < -0.39 is 0 Å². The maximum absolute atomic E-state index is 5.38. The smallest absolute Gasteiger partial charge is 0.141 e. The summed E-state index contributed by atoms with van der Waals surface area (Å²) in [5.41, 5.74) is 7.22. The summed E-state index contributed by atoms with van der Waals surface area (Å²) >= 11 is 1.51. The van der Waals surface area contributed by atoms with Gasteiger partial charge in [-0.3, -0.25) is 0 Å². The van der Waals surface area contributed by atoms with E-state index >= 15 is 0 Å². The van der Waals surface area contributed by atoms with Crippen LogP contribution in [0.3, 0.4) is 0 Å². The molecule has 0 radical (unpaired) electrons. The summed E-state index contributed by atoms with van der Waals surface area (Å²) in [5, 5.41) is 5.26. The van der Waals surface area contributed by atoms with Crippen LogP contribution >= 0.6 is 11.5 Å². The third kappa shape index (κ3) is 2.73. The highest BCUT2D eigenvalue weighted by Gasteiger charge is 2.17. The Morgan fingerprint density at radius 3 is 2.67 bits per heavy atom. The van der Waals surface area contributed by atoms with Gasteiger partial charge in [0.15, 0.2) is 0 Å². The Bertz CT molecular complexity index is 1260. The van der Waals surface area contributed by atoms with Gasteiger partial charge in [0, 0.05) is 22.7 Å². The first-order valence-corrected chi connectivity index (χ1v) is 9.16. The Labute approximate surface area is 161 Å². The van der Waals surface area contributed by atoms with Crippen LogP contribution in [0, 0.1) is 20.8 Å². The van der Waals surface area contributed by atoms with Crippen molar-refractivity contribution >= 4 is 32.7 Å². The van der Waals surface area contributed by atoms with Gasteiger partial charge < -0.3 is 9.51 Å². The largest absolute Gasteiger partial charge is 0.361 e. The van der Waals surface area contributed by atoms with E-state index in [4.69, 9.17) is 9.51 Å². The summed E-state index contributed by atoms with van der Waals surface area (Å²) in [6.45, 7) is 5.89. The zero-order valence-corrected chi connectivity index (χ0v) is 15.4. The number of benzene rings is 2. The van der Waals surface area contributed by atoms with Crippen molar-refractivity contribution < 1.29 is 4.52 Å². The molecule has 5 aromatic rings. The molecule has 0 spiro atoms. The molecule has 3 aromatic heterocycles. The highest BCUT2D eigenvalue weighted by atomic mass is 32.1. The molecule has 1 N–H and O–H groups in total. The minimum Gasteiger partial charge on any atom is -0.361 e. The van der Waals surface area contributed by atoms with Gasteiger partial charge in [0.05, 0.1) is 21.4 Å². The van der Waals surface area contributed by atoms with Crippen molar-refractivity contribution in [2.24, 2.45) is 0 Å². The van der Waals surface area contributed by atoms with Crippen LogP contribution in [0.2, 0.25) is 0 Å². The zero-order chi connectivity index (χ0) is 17.8. The highest BCUT2D eigenvalue weighted by Crippen LogP contribution is 2.36. The Kier molecular flexibility index (Phi) is 4.08. The molecule has 2 aromatic carbocycles. The SMILES string of the molecule is C.Cc1nc2c(-c3ccc4sncc4c3)cc(-c3c(C)noc3C)cc2[nH]1. The molecule has 3 heterocycles. The lowest BCUT2D eigenvalue weighted by molar-refractivity contribution is 0.393. The first-order valence-electron chi connectivity index (χ1n) is 8.38. The van der Waals surface area contributed by atoms with Crippen molar-refractivity contribution in [3.63, 3.8) is 0 Å². The monoisotopic (exact) mass is 376 g/mol. The number of fused-ring (bicyclic) bond motifs is 2. The lowest BCUT2D eigenvalue weighted by atomic mass is 9.96. The molecule has 0 aliphatic rings. The molecule has 0 aliphatic carbocycles. The number of aromatic nitrogens is 4. The molecule has 0 saturated heterocycles. The van der Waals surface area contributed by atoms with Gasteiger partial charge in [0.1, 0.15) is 11.6 Å². The van der Waals surface area contributed by atoms with Gasteiger partial charge in [-0.05, 0) is 67.7 Å². The van der Waals surface area contributed by atoms with Crippen LogP contribution in [-0.4, -0.2) is 19.5 Å². The second kappa shape index (κ2) is 6.32. The summed E-state index contributed by atoms with van der Waals surface area (Å²) < 4.78 is 10.8. The maximum Gasteiger partial charge on any atom is 0.141 e. The second-order valence-corrected chi connectivity index (χ2v) is 7.35. The quantitative estimate of drug-likeness (QED) is 0.407. The topological polar surface area (TPSA) is 67.6 Å². The molecule has 6 heteroatoms. The molecule has 27 heavy (non-hydrogen) atoms. The fourth-order valence-electron chi connectivity index (χ4n) is 3.54. The molecular formula is C21H20N4OS. The van der Waals surface area contributed by atoms with Crippen LogP contribution in [0.4, 0.5) is 0 Å². The standard InChI is InChI=1S/C20H16N4OS.CH4/c1-10-19(11(2)25-24-10)14-7-16(20-17(8-14)22-12(3)23-20)13-4-5-18-15(6-13)9-21-26-18;/h4-9H,1-3H3,(H,22,23);1H4. The minimum absolute atomic E-state index is 0. The Balaban J connectivity index is 0.00000180. The van der Waals surface area contributed by atoms with E-state index in [0.717, 1.165) is 56.0 Å². The zero-order valence-electron chi connectivity index (χ0n) is 14.6. The number of aromatic amines is 1. The van der Waals surface area contributed by atoms with Gasteiger partial charge in [-0.1, -0.05) is 18.6 Å². The Morgan fingerprint density at radius 2 is 1.89 bits per heavy atom. The van der Waals surface area contributed by atoms with Gasteiger partial charge in [0.25, 0.3) is 0 Å². The average Bonchev–Trinajstić information content (AvgIpc) is 3.31. The number of hydrogen-bond donors (Lipinski definition) is 1. The molecule has 0 atom stereocenters. The van der Waals surface area contributed by atoms with Crippen molar-refractivity contribution in [3.8, 4) is 22.3 Å². The fraction of sp³-hybridized carbons (Fsp3) is 0.190. The number of hydrogen-bond acceptors (Lipinski definition) is 5.